The fourth-order valence-electron chi connectivity index (χ4n) is 1.17. The lowest BCUT2D eigenvalue weighted by molar-refractivity contribution is -0.121. The number of carbonyl (C=O) groups is 1. The van der Waals surface area contributed by atoms with E-state index in [-0.39, 0.29) is 11.2 Å². The van der Waals surface area contributed by atoms with Crippen molar-refractivity contribution in [2.24, 2.45) is 0 Å². The molecule has 0 bridgehead atoms. The highest BCUT2D eigenvalue weighted by molar-refractivity contribution is 7.10. The first-order valence-electron chi connectivity index (χ1n) is 4.02. The van der Waals surface area contributed by atoms with E-state index in [0.29, 0.717) is 0 Å². The van der Waals surface area contributed by atoms with Crippen molar-refractivity contribution in [2.45, 2.75) is 33.1 Å². The van der Waals surface area contributed by atoms with Gasteiger partial charge in [-0.25, -0.2) is 0 Å². The zero-order chi connectivity index (χ0) is 9.35. The predicted octanol–water partition coefficient (Wildman–Crippen LogP) is 2.92. The van der Waals surface area contributed by atoms with E-state index in [4.69, 9.17) is 0 Å². The summed E-state index contributed by atoms with van der Waals surface area (Å²) in [6, 6.07) is 2.06. The fraction of sp³-hybridized carbons (Fsp3) is 0.500. The number of hydrogen-bond acceptors (Lipinski definition) is 2. The summed E-state index contributed by atoms with van der Waals surface area (Å²) in [5.74, 6) is 0.230. The summed E-state index contributed by atoms with van der Waals surface area (Å²) in [7, 11) is 0. The first kappa shape index (κ1) is 9.46. The summed E-state index contributed by atoms with van der Waals surface area (Å²) in [6.07, 6.45) is 0. The molecule has 0 fully saturated rings. The minimum Gasteiger partial charge on any atom is -0.299 e. The minimum atomic E-state index is -0.307. The smallest absolute Gasteiger partial charge is 0.140 e. The molecule has 0 saturated carbocycles. The molecule has 1 nitrogen and oxygen atoms in total. The molecule has 0 aliphatic carbocycles. The minimum absolute atomic E-state index is 0.230. The SMILES string of the molecule is CC(=O)C(C)(C)c1sccc1C. The average molecular weight is 182 g/mol. The molecule has 0 unspecified atom stereocenters. The lowest BCUT2D eigenvalue weighted by Crippen LogP contribution is -2.25. The Morgan fingerprint density at radius 1 is 1.50 bits per heavy atom. The first-order chi connectivity index (χ1) is 5.46. The Morgan fingerprint density at radius 2 is 2.08 bits per heavy atom. The third kappa shape index (κ3) is 1.44. The molecule has 0 N–H and O–H groups in total. The molecular weight excluding hydrogens is 168 g/mol. The number of hydrogen-bond donors (Lipinski definition) is 0. The summed E-state index contributed by atoms with van der Waals surface area (Å²) in [5, 5.41) is 2.04. The predicted molar refractivity (Wildman–Crippen MR) is 52.8 cm³/mol. The maximum Gasteiger partial charge on any atom is 0.140 e. The molecule has 1 aromatic heterocycles. The van der Waals surface area contributed by atoms with Crippen molar-refractivity contribution >= 4 is 17.1 Å². The van der Waals surface area contributed by atoms with E-state index < -0.39 is 0 Å². The van der Waals surface area contributed by atoms with Crippen LogP contribution < -0.4 is 0 Å². The maximum absolute atomic E-state index is 11.3. The monoisotopic (exact) mass is 182 g/mol. The van der Waals surface area contributed by atoms with Gasteiger partial charge in [0.25, 0.3) is 0 Å². The number of aryl methyl sites for hydroxylation is 1. The molecule has 0 aliphatic rings. The van der Waals surface area contributed by atoms with Crippen molar-refractivity contribution < 1.29 is 4.79 Å². The molecule has 0 aliphatic heterocycles. The molecule has 0 radical (unpaired) electrons. The summed E-state index contributed by atoms with van der Waals surface area (Å²) in [6.45, 7) is 7.66. The van der Waals surface area contributed by atoms with Gasteiger partial charge in [0, 0.05) is 4.88 Å². The van der Waals surface area contributed by atoms with Crippen molar-refractivity contribution in [1.29, 1.82) is 0 Å². The van der Waals surface area contributed by atoms with E-state index in [0.717, 1.165) is 0 Å². The van der Waals surface area contributed by atoms with Crippen LogP contribution >= 0.6 is 11.3 Å². The number of Topliss-reactive ketones (excluding diaryl/α,β-unsaturated/α-hetero) is 1. The number of thiophene rings is 1. The zero-order valence-corrected chi connectivity index (χ0v) is 8.79. The van der Waals surface area contributed by atoms with Crippen LogP contribution in [-0.2, 0) is 10.2 Å². The molecule has 1 aromatic rings. The molecule has 66 valence electrons. The molecule has 0 atom stereocenters. The third-order valence-electron chi connectivity index (χ3n) is 2.31. The van der Waals surface area contributed by atoms with Crippen LogP contribution in [-0.4, -0.2) is 5.78 Å². The Bertz CT molecular complexity index is 297. The van der Waals surface area contributed by atoms with Gasteiger partial charge in [-0.1, -0.05) is 0 Å². The normalized spacial score (nSPS) is 11.7. The standard InChI is InChI=1S/C10H14OS/c1-7-5-6-12-9(7)10(3,4)8(2)11/h5-6H,1-4H3. The summed E-state index contributed by atoms with van der Waals surface area (Å²) in [5.41, 5.74) is 0.915. The molecular formula is C10H14OS. The van der Waals surface area contributed by atoms with Crippen LogP contribution in [0.25, 0.3) is 0 Å². The van der Waals surface area contributed by atoms with Crippen LogP contribution in [0, 0.1) is 6.92 Å². The lowest BCUT2D eigenvalue weighted by atomic mass is 9.85. The van der Waals surface area contributed by atoms with Gasteiger partial charge in [-0.05, 0) is 44.7 Å². The Morgan fingerprint density at radius 3 is 2.42 bits per heavy atom. The van der Waals surface area contributed by atoms with Crippen LogP contribution in [0.15, 0.2) is 11.4 Å². The Hall–Kier alpha value is -0.630. The fourth-order valence-corrected chi connectivity index (χ4v) is 2.27. The zero-order valence-electron chi connectivity index (χ0n) is 7.97. The van der Waals surface area contributed by atoms with Crippen molar-refractivity contribution in [2.75, 3.05) is 0 Å². The molecule has 1 rings (SSSR count). The molecule has 12 heavy (non-hydrogen) atoms. The number of carbonyl (C=O) groups excluding carboxylic acids is 1. The van der Waals surface area contributed by atoms with Crippen molar-refractivity contribution in [3.63, 3.8) is 0 Å². The molecule has 0 amide bonds. The number of rotatable bonds is 2. The largest absolute Gasteiger partial charge is 0.299 e. The van der Waals surface area contributed by atoms with E-state index in [9.17, 15) is 4.79 Å². The maximum atomic E-state index is 11.3. The summed E-state index contributed by atoms with van der Waals surface area (Å²) in [4.78, 5) is 12.5. The van der Waals surface area contributed by atoms with E-state index in [1.807, 2.05) is 19.2 Å². The van der Waals surface area contributed by atoms with Gasteiger partial charge in [0.2, 0.25) is 0 Å². The highest BCUT2D eigenvalue weighted by Gasteiger charge is 2.28. The van der Waals surface area contributed by atoms with Crippen LogP contribution in [0.2, 0.25) is 0 Å². The van der Waals surface area contributed by atoms with E-state index in [2.05, 4.69) is 13.0 Å². The second kappa shape index (κ2) is 3.02. The lowest BCUT2D eigenvalue weighted by Gasteiger charge is -2.20. The van der Waals surface area contributed by atoms with Gasteiger partial charge >= 0.3 is 0 Å². The van der Waals surface area contributed by atoms with Gasteiger partial charge in [-0.2, -0.15) is 0 Å². The highest BCUT2D eigenvalue weighted by atomic mass is 32.1. The topological polar surface area (TPSA) is 17.1 Å². The second-order valence-corrected chi connectivity index (χ2v) is 4.53. The third-order valence-corrected chi connectivity index (χ3v) is 3.65. The summed E-state index contributed by atoms with van der Waals surface area (Å²) < 4.78 is 0. The van der Waals surface area contributed by atoms with E-state index in [1.165, 1.54) is 10.4 Å². The average Bonchev–Trinajstić information content (AvgIpc) is 2.35. The number of ketones is 1. The van der Waals surface area contributed by atoms with Gasteiger partial charge in [0.05, 0.1) is 5.41 Å². The van der Waals surface area contributed by atoms with Crippen molar-refractivity contribution in [3.8, 4) is 0 Å². The quantitative estimate of drug-likeness (QED) is 0.687. The van der Waals surface area contributed by atoms with Gasteiger partial charge in [-0.15, -0.1) is 11.3 Å². The molecule has 0 spiro atoms. The second-order valence-electron chi connectivity index (χ2n) is 3.61. The van der Waals surface area contributed by atoms with E-state index in [1.54, 1.807) is 18.3 Å². The van der Waals surface area contributed by atoms with Gasteiger partial charge in [0.1, 0.15) is 5.78 Å². The Kier molecular flexibility index (Phi) is 2.38. The van der Waals surface area contributed by atoms with Gasteiger partial charge in [0.15, 0.2) is 0 Å². The van der Waals surface area contributed by atoms with E-state index >= 15 is 0 Å². The van der Waals surface area contributed by atoms with Crippen LogP contribution in [0.5, 0.6) is 0 Å². The van der Waals surface area contributed by atoms with Crippen LogP contribution in [0.3, 0.4) is 0 Å². The van der Waals surface area contributed by atoms with Crippen molar-refractivity contribution in [3.05, 3.63) is 21.9 Å². The van der Waals surface area contributed by atoms with Crippen molar-refractivity contribution in [1.82, 2.24) is 0 Å². The van der Waals surface area contributed by atoms with Gasteiger partial charge in [-0.3, -0.25) is 4.79 Å². The van der Waals surface area contributed by atoms with Crippen LogP contribution in [0.4, 0.5) is 0 Å². The molecule has 1 heterocycles. The summed E-state index contributed by atoms with van der Waals surface area (Å²) >= 11 is 1.66. The van der Waals surface area contributed by atoms with Gasteiger partial charge < -0.3 is 0 Å². The Balaban J connectivity index is 3.13. The molecule has 0 saturated heterocycles. The molecule has 0 aromatic carbocycles. The highest BCUT2D eigenvalue weighted by Crippen LogP contribution is 2.31. The molecule has 2 heteroatoms. The Labute approximate surface area is 77.4 Å². The van der Waals surface area contributed by atoms with Crippen LogP contribution in [0.1, 0.15) is 31.2 Å². The first-order valence-corrected chi connectivity index (χ1v) is 4.90.